The van der Waals surface area contributed by atoms with Gasteiger partial charge in [0.2, 0.25) is 0 Å². The van der Waals surface area contributed by atoms with Crippen LogP contribution in [0.2, 0.25) is 0 Å². The lowest BCUT2D eigenvalue weighted by atomic mass is 9.84. The van der Waals surface area contributed by atoms with Crippen LogP contribution in [0.5, 0.6) is 0 Å². The molecule has 3 aromatic rings. The first-order valence-electron chi connectivity index (χ1n) is 11.8. The molecule has 2 atom stereocenters. The lowest BCUT2D eigenvalue weighted by Crippen LogP contribution is -2.47. The molecule has 0 aliphatic rings. The highest BCUT2D eigenvalue weighted by Gasteiger charge is 2.39. The van der Waals surface area contributed by atoms with Gasteiger partial charge in [0.15, 0.2) is 11.6 Å². The Morgan fingerprint density at radius 2 is 1.86 bits per heavy atom. The number of benzene rings is 2. The summed E-state index contributed by atoms with van der Waals surface area (Å²) in [6.45, 7) is 5.55. The maximum atomic E-state index is 14.7. The van der Waals surface area contributed by atoms with Gasteiger partial charge >= 0.3 is 6.03 Å². The molecule has 0 aliphatic carbocycles. The molecule has 36 heavy (non-hydrogen) atoms. The number of aromatic nitrogens is 3. The summed E-state index contributed by atoms with van der Waals surface area (Å²) < 4.78 is 43.4. The van der Waals surface area contributed by atoms with Crippen LogP contribution in [0.15, 0.2) is 48.5 Å². The van der Waals surface area contributed by atoms with Crippen LogP contribution in [0.4, 0.5) is 18.0 Å². The zero-order chi connectivity index (χ0) is 26.5. The topological polar surface area (TPSA) is 89.1 Å². The third kappa shape index (κ3) is 6.42. The number of hydrogen-bond acceptors (Lipinski definition) is 4. The number of nitrogens with two attached hydrogens (primary N) is 1. The van der Waals surface area contributed by atoms with E-state index in [0.29, 0.717) is 5.82 Å². The number of halogens is 3. The lowest BCUT2D eigenvalue weighted by molar-refractivity contribution is 0.105. The molecular formula is C26H33F3N6O. The zero-order valence-corrected chi connectivity index (χ0v) is 21.0. The van der Waals surface area contributed by atoms with Gasteiger partial charge in [-0.25, -0.2) is 27.6 Å². The molecular weight excluding hydrogens is 469 g/mol. The van der Waals surface area contributed by atoms with Gasteiger partial charge in [0.25, 0.3) is 0 Å². The predicted octanol–water partition coefficient (Wildman–Crippen LogP) is 4.69. The van der Waals surface area contributed by atoms with Crippen molar-refractivity contribution in [2.45, 2.75) is 45.8 Å². The number of urea groups is 1. The number of amides is 2. The van der Waals surface area contributed by atoms with Crippen LogP contribution >= 0.6 is 0 Å². The minimum Gasteiger partial charge on any atom is -0.341 e. The fourth-order valence-electron chi connectivity index (χ4n) is 4.08. The molecule has 3 N–H and O–H groups in total. The van der Waals surface area contributed by atoms with Gasteiger partial charge < -0.3 is 16.0 Å². The summed E-state index contributed by atoms with van der Waals surface area (Å²) in [4.78, 5) is 19.2. The SMILES string of the molecule is CNC(=O)N(CCC(N)CF)[C@@H](c1nc(-c2cc(F)ccc2F)nn1Cc1ccccc1)C(C)(C)C. The molecule has 3 rings (SSSR count). The number of nitrogens with zero attached hydrogens (tertiary/aromatic N) is 4. The summed E-state index contributed by atoms with van der Waals surface area (Å²) in [6, 6.07) is 10.8. The van der Waals surface area contributed by atoms with Gasteiger partial charge in [-0.05, 0) is 35.6 Å². The van der Waals surface area contributed by atoms with Gasteiger partial charge in [0.1, 0.15) is 18.3 Å². The zero-order valence-electron chi connectivity index (χ0n) is 21.0. The summed E-state index contributed by atoms with van der Waals surface area (Å²) >= 11 is 0. The normalized spacial score (nSPS) is 13.3. The van der Waals surface area contributed by atoms with E-state index in [0.717, 1.165) is 23.8 Å². The van der Waals surface area contributed by atoms with Crippen molar-refractivity contribution in [3.63, 3.8) is 0 Å². The van der Waals surface area contributed by atoms with Gasteiger partial charge in [0, 0.05) is 19.6 Å². The minimum absolute atomic E-state index is 0.00416. The Labute approximate surface area is 209 Å². The second-order valence-corrected chi connectivity index (χ2v) is 9.78. The molecule has 0 saturated carbocycles. The molecule has 2 amide bonds. The number of rotatable bonds is 9. The molecule has 1 heterocycles. The first kappa shape index (κ1) is 27.2. The molecule has 1 aromatic heterocycles. The highest BCUT2D eigenvalue weighted by molar-refractivity contribution is 5.74. The second kappa shape index (κ2) is 11.6. The van der Waals surface area contributed by atoms with Crippen LogP contribution < -0.4 is 11.1 Å². The molecule has 0 aliphatic heterocycles. The fraction of sp³-hybridized carbons (Fsp3) is 0.423. The van der Waals surface area contributed by atoms with Gasteiger partial charge in [0.05, 0.1) is 18.2 Å². The Balaban J connectivity index is 2.18. The van der Waals surface area contributed by atoms with Crippen molar-refractivity contribution >= 4 is 6.03 Å². The van der Waals surface area contributed by atoms with E-state index in [1.165, 1.54) is 7.05 Å². The average molecular weight is 503 g/mol. The minimum atomic E-state index is -0.725. The van der Waals surface area contributed by atoms with E-state index >= 15 is 0 Å². The largest absolute Gasteiger partial charge is 0.341 e. The second-order valence-electron chi connectivity index (χ2n) is 9.78. The van der Waals surface area contributed by atoms with Crippen molar-refractivity contribution in [3.8, 4) is 11.4 Å². The predicted molar refractivity (Wildman–Crippen MR) is 133 cm³/mol. The summed E-state index contributed by atoms with van der Waals surface area (Å²) in [5, 5.41) is 7.19. The van der Waals surface area contributed by atoms with Crippen molar-refractivity contribution < 1.29 is 18.0 Å². The van der Waals surface area contributed by atoms with Gasteiger partial charge in [-0.3, -0.25) is 0 Å². The number of nitrogens with one attached hydrogen (secondary N) is 1. The molecule has 0 fully saturated rings. The fourth-order valence-corrected chi connectivity index (χ4v) is 4.08. The number of hydrogen-bond donors (Lipinski definition) is 2. The Bertz CT molecular complexity index is 1160. The molecule has 1 unspecified atom stereocenters. The van der Waals surface area contributed by atoms with Crippen LogP contribution in [0.25, 0.3) is 11.4 Å². The lowest BCUT2D eigenvalue weighted by Gasteiger charge is -2.39. The number of carbonyl (C=O) groups is 1. The smallest absolute Gasteiger partial charge is 0.317 e. The van der Waals surface area contributed by atoms with Gasteiger partial charge in [-0.1, -0.05) is 51.1 Å². The highest BCUT2D eigenvalue weighted by atomic mass is 19.1. The van der Waals surface area contributed by atoms with E-state index < -0.39 is 41.8 Å². The van der Waals surface area contributed by atoms with Crippen molar-refractivity contribution in [2.75, 3.05) is 20.3 Å². The van der Waals surface area contributed by atoms with Gasteiger partial charge in [-0.2, -0.15) is 5.10 Å². The van der Waals surface area contributed by atoms with Gasteiger partial charge in [-0.15, -0.1) is 0 Å². The van der Waals surface area contributed by atoms with Crippen LogP contribution in [0.1, 0.15) is 44.6 Å². The Morgan fingerprint density at radius 3 is 2.47 bits per heavy atom. The van der Waals surface area contributed by atoms with E-state index in [9.17, 15) is 18.0 Å². The van der Waals surface area contributed by atoms with Crippen LogP contribution in [0.3, 0.4) is 0 Å². The number of carbonyl (C=O) groups excluding carboxylic acids is 1. The summed E-state index contributed by atoms with van der Waals surface area (Å²) in [5.41, 5.74) is 6.07. The van der Waals surface area contributed by atoms with Crippen LogP contribution in [-0.2, 0) is 6.54 Å². The summed E-state index contributed by atoms with van der Waals surface area (Å²) in [6.07, 6.45) is 0.231. The van der Waals surface area contributed by atoms with Crippen LogP contribution in [0, 0.1) is 17.0 Å². The highest BCUT2D eigenvalue weighted by Crippen LogP contribution is 2.38. The molecule has 2 aromatic carbocycles. The maximum absolute atomic E-state index is 14.7. The standard InChI is InChI=1S/C26H33F3N6O/c1-26(2,3)22(34(25(36)31-4)13-12-19(30)15-27)24-32-23(20-14-18(28)10-11-21(20)29)33-35(24)16-17-8-6-5-7-9-17/h5-11,14,19,22H,12-13,15-16,30H2,1-4H3,(H,31,36)/t19?,22-/m0/s1. The van der Waals surface area contributed by atoms with E-state index in [1.807, 2.05) is 51.1 Å². The molecule has 7 nitrogen and oxygen atoms in total. The quantitative estimate of drug-likeness (QED) is 0.444. The number of alkyl halides is 1. The molecule has 194 valence electrons. The molecule has 10 heteroatoms. The van der Waals surface area contributed by atoms with Crippen molar-refractivity contribution in [2.24, 2.45) is 11.1 Å². The monoisotopic (exact) mass is 502 g/mol. The third-order valence-corrected chi connectivity index (χ3v) is 5.84. The maximum Gasteiger partial charge on any atom is 0.317 e. The van der Waals surface area contributed by atoms with E-state index in [2.05, 4.69) is 15.4 Å². The molecule has 0 saturated heterocycles. The van der Waals surface area contributed by atoms with E-state index in [-0.39, 0.29) is 30.9 Å². The van der Waals surface area contributed by atoms with Crippen molar-refractivity contribution in [3.05, 3.63) is 71.6 Å². The Kier molecular flexibility index (Phi) is 8.73. The Morgan fingerprint density at radius 1 is 1.17 bits per heavy atom. The Hall–Kier alpha value is -3.40. The molecule has 0 spiro atoms. The molecule has 0 bridgehead atoms. The van der Waals surface area contributed by atoms with Crippen molar-refractivity contribution in [1.29, 1.82) is 0 Å². The first-order chi connectivity index (χ1) is 17.0. The third-order valence-electron chi connectivity index (χ3n) is 5.84. The van der Waals surface area contributed by atoms with E-state index in [1.54, 1.807) is 9.58 Å². The first-order valence-corrected chi connectivity index (χ1v) is 11.8. The van der Waals surface area contributed by atoms with Crippen LogP contribution in [-0.4, -0.2) is 52.0 Å². The van der Waals surface area contributed by atoms with Crippen molar-refractivity contribution in [1.82, 2.24) is 25.0 Å². The van der Waals surface area contributed by atoms with E-state index in [4.69, 9.17) is 5.73 Å². The summed E-state index contributed by atoms with van der Waals surface area (Å²) in [7, 11) is 1.51. The summed E-state index contributed by atoms with van der Waals surface area (Å²) in [5.74, 6) is -0.886. The average Bonchev–Trinajstić information content (AvgIpc) is 3.24. The molecule has 0 radical (unpaired) electrons.